The van der Waals surface area contributed by atoms with E-state index in [9.17, 15) is 14.4 Å². The Morgan fingerprint density at radius 3 is 2.80 bits per heavy atom. The second kappa shape index (κ2) is 10.6. The minimum atomic E-state index is -0.500. The highest BCUT2D eigenvalue weighted by atomic mass is 32.1. The third-order valence-electron chi connectivity index (χ3n) is 6.40. The van der Waals surface area contributed by atoms with Crippen LogP contribution in [0.3, 0.4) is 0 Å². The number of amides is 2. The molecule has 2 amide bonds. The first-order valence-corrected chi connectivity index (χ1v) is 12.1. The van der Waals surface area contributed by atoms with Crippen LogP contribution in [0.25, 0.3) is 17.0 Å². The van der Waals surface area contributed by atoms with Gasteiger partial charge in [-0.3, -0.25) is 19.3 Å². The number of esters is 1. The number of aryl methyl sites for hydroxylation is 1. The molecule has 186 valence electrons. The lowest BCUT2D eigenvalue weighted by molar-refractivity contribution is -0.140. The molecule has 1 atom stereocenters. The lowest BCUT2D eigenvalue weighted by atomic mass is 10.1. The summed E-state index contributed by atoms with van der Waals surface area (Å²) in [7, 11) is 2.87. The standard InChI is InChI=1S/C25H30N4O5S/c1-4-16-7-5-9-19-17(11-20-24(32)27(2)25(35)29(20)15-22(31)33-3)13-28(23(16)19)14-21(30)26-12-18-8-6-10-34-18/h5,7,9,11,13,18H,4,6,8,10,12,14-15H2,1-3H3,(H,26,30)/b20-11-/t18-/m0/s1. The van der Waals surface area contributed by atoms with E-state index >= 15 is 0 Å². The van der Waals surface area contributed by atoms with Crippen LogP contribution in [0.2, 0.25) is 0 Å². The van der Waals surface area contributed by atoms with Crippen LogP contribution in [0, 0.1) is 0 Å². The number of rotatable bonds is 8. The van der Waals surface area contributed by atoms with Crippen molar-refractivity contribution >= 4 is 52.1 Å². The van der Waals surface area contributed by atoms with Crippen LogP contribution < -0.4 is 5.32 Å². The zero-order valence-electron chi connectivity index (χ0n) is 20.2. The van der Waals surface area contributed by atoms with Gasteiger partial charge in [-0.1, -0.05) is 25.1 Å². The van der Waals surface area contributed by atoms with E-state index in [1.807, 2.05) is 29.0 Å². The van der Waals surface area contributed by atoms with Crippen LogP contribution in [-0.2, 0) is 36.8 Å². The van der Waals surface area contributed by atoms with Crippen molar-refractivity contribution in [2.45, 2.75) is 38.8 Å². The highest BCUT2D eigenvalue weighted by Gasteiger charge is 2.37. The van der Waals surface area contributed by atoms with Crippen molar-refractivity contribution in [1.82, 2.24) is 19.7 Å². The Balaban J connectivity index is 1.69. The molecule has 1 N–H and O–H groups in total. The first-order chi connectivity index (χ1) is 16.8. The van der Waals surface area contributed by atoms with Gasteiger partial charge >= 0.3 is 5.97 Å². The lowest BCUT2D eigenvalue weighted by Gasteiger charge is -2.16. The molecule has 0 unspecified atom stereocenters. The maximum Gasteiger partial charge on any atom is 0.325 e. The number of methoxy groups -OCH3 is 1. The Morgan fingerprint density at radius 2 is 2.11 bits per heavy atom. The molecule has 1 aromatic carbocycles. The number of fused-ring (bicyclic) bond motifs is 1. The van der Waals surface area contributed by atoms with E-state index in [1.54, 1.807) is 13.1 Å². The van der Waals surface area contributed by atoms with Crippen molar-refractivity contribution in [2.75, 3.05) is 33.9 Å². The molecule has 1 aromatic heterocycles. The predicted molar refractivity (Wildman–Crippen MR) is 135 cm³/mol. The number of hydrogen-bond acceptors (Lipinski definition) is 6. The summed E-state index contributed by atoms with van der Waals surface area (Å²) in [5.41, 5.74) is 3.08. The number of ether oxygens (including phenoxy) is 2. The highest BCUT2D eigenvalue weighted by Crippen LogP contribution is 2.30. The van der Waals surface area contributed by atoms with Gasteiger partial charge in [0.2, 0.25) is 5.91 Å². The lowest BCUT2D eigenvalue weighted by Crippen LogP contribution is -2.34. The van der Waals surface area contributed by atoms with Gasteiger partial charge in [-0.15, -0.1) is 0 Å². The number of carbonyl (C=O) groups is 3. The molecule has 2 aliphatic rings. The molecule has 0 saturated carbocycles. The summed E-state index contributed by atoms with van der Waals surface area (Å²) in [5.74, 6) is -0.909. The van der Waals surface area contributed by atoms with E-state index in [1.165, 1.54) is 16.9 Å². The van der Waals surface area contributed by atoms with Crippen LogP contribution in [0.15, 0.2) is 30.1 Å². The topological polar surface area (TPSA) is 93.1 Å². The Kier molecular flexibility index (Phi) is 7.51. The Bertz CT molecular complexity index is 1200. The largest absolute Gasteiger partial charge is 0.468 e. The smallest absolute Gasteiger partial charge is 0.325 e. The fraction of sp³-hybridized carbons (Fsp3) is 0.440. The van der Waals surface area contributed by atoms with E-state index in [4.69, 9.17) is 21.7 Å². The molecular weight excluding hydrogens is 468 g/mol. The first-order valence-electron chi connectivity index (χ1n) is 11.7. The molecule has 0 bridgehead atoms. The maximum absolute atomic E-state index is 12.9. The molecule has 9 nitrogen and oxygen atoms in total. The van der Waals surface area contributed by atoms with E-state index in [0.717, 1.165) is 47.9 Å². The summed E-state index contributed by atoms with van der Waals surface area (Å²) in [6.07, 6.45) is 6.43. The number of carbonyl (C=O) groups excluding carboxylic acids is 3. The number of likely N-dealkylation sites (N-methyl/N-ethyl adjacent to an activating group) is 1. The Morgan fingerprint density at radius 1 is 1.31 bits per heavy atom. The van der Waals surface area contributed by atoms with Gasteiger partial charge in [-0.25, -0.2) is 0 Å². The summed E-state index contributed by atoms with van der Waals surface area (Å²) in [4.78, 5) is 40.5. The van der Waals surface area contributed by atoms with Crippen molar-refractivity contribution in [1.29, 1.82) is 0 Å². The van der Waals surface area contributed by atoms with Crippen molar-refractivity contribution in [3.05, 3.63) is 41.2 Å². The number of aromatic nitrogens is 1. The van der Waals surface area contributed by atoms with Gasteiger partial charge in [0, 0.05) is 37.3 Å². The minimum absolute atomic E-state index is 0.0712. The van der Waals surface area contributed by atoms with Crippen LogP contribution in [-0.4, -0.2) is 77.2 Å². The summed E-state index contributed by atoms with van der Waals surface area (Å²) >= 11 is 5.39. The Hall–Kier alpha value is -3.24. The van der Waals surface area contributed by atoms with Crippen LogP contribution in [0.1, 0.15) is 30.9 Å². The zero-order valence-corrected chi connectivity index (χ0v) is 21.0. The van der Waals surface area contributed by atoms with Gasteiger partial charge < -0.3 is 24.3 Å². The molecule has 2 aliphatic heterocycles. The molecular formula is C25H30N4O5S. The van der Waals surface area contributed by atoms with E-state index < -0.39 is 5.97 Å². The first kappa shape index (κ1) is 24.9. The molecule has 10 heteroatoms. The molecule has 0 radical (unpaired) electrons. The fourth-order valence-corrected chi connectivity index (χ4v) is 4.77. The zero-order chi connectivity index (χ0) is 25.1. The molecule has 35 heavy (non-hydrogen) atoms. The Labute approximate surface area is 209 Å². The van der Waals surface area contributed by atoms with Gasteiger partial charge in [0.1, 0.15) is 18.8 Å². The second-order valence-corrected chi connectivity index (χ2v) is 9.02. The summed E-state index contributed by atoms with van der Waals surface area (Å²) in [6.45, 7) is 3.28. The monoisotopic (exact) mass is 498 g/mol. The van der Waals surface area contributed by atoms with Crippen LogP contribution >= 0.6 is 12.2 Å². The number of benzene rings is 1. The quantitative estimate of drug-likeness (QED) is 0.338. The molecule has 2 fully saturated rings. The van der Waals surface area contributed by atoms with Gasteiger partial charge in [0.25, 0.3) is 5.91 Å². The number of hydrogen-bond donors (Lipinski definition) is 1. The average Bonchev–Trinajstić information content (AvgIpc) is 3.55. The van der Waals surface area contributed by atoms with Gasteiger partial charge in [0.05, 0.1) is 18.7 Å². The number of para-hydroxylation sites is 1. The minimum Gasteiger partial charge on any atom is -0.468 e. The third kappa shape index (κ3) is 5.08. The third-order valence-corrected chi connectivity index (χ3v) is 6.89. The van der Waals surface area contributed by atoms with E-state index in [-0.39, 0.29) is 41.8 Å². The molecule has 0 spiro atoms. The van der Waals surface area contributed by atoms with E-state index in [0.29, 0.717) is 6.54 Å². The van der Waals surface area contributed by atoms with Gasteiger partial charge in [-0.2, -0.15) is 0 Å². The average molecular weight is 499 g/mol. The maximum atomic E-state index is 12.9. The SMILES string of the molecule is CCc1cccc2c(/C=C3/C(=O)N(C)C(=S)N3CC(=O)OC)cn(CC(=O)NC[C@@H]3CCCO3)c12. The van der Waals surface area contributed by atoms with Crippen molar-refractivity contribution in [2.24, 2.45) is 0 Å². The molecule has 3 heterocycles. The van der Waals surface area contributed by atoms with E-state index in [2.05, 4.69) is 12.2 Å². The second-order valence-electron chi connectivity index (χ2n) is 8.66. The van der Waals surface area contributed by atoms with Crippen molar-refractivity contribution < 1.29 is 23.9 Å². The summed E-state index contributed by atoms with van der Waals surface area (Å²) in [5, 5.41) is 4.12. The predicted octanol–water partition coefficient (Wildman–Crippen LogP) is 2.07. The summed E-state index contributed by atoms with van der Waals surface area (Å²) in [6, 6.07) is 5.96. The summed E-state index contributed by atoms with van der Waals surface area (Å²) < 4.78 is 12.3. The normalized spacial score (nSPS) is 19.3. The number of nitrogens with zero attached hydrogens (tertiary/aromatic N) is 3. The van der Waals surface area contributed by atoms with Crippen molar-refractivity contribution in [3.8, 4) is 0 Å². The fourth-order valence-electron chi connectivity index (χ4n) is 4.53. The molecule has 2 saturated heterocycles. The number of nitrogens with one attached hydrogen (secondary N) is 1. The number of thiocarbonyl (C=S) groups is 1. The van der Waals surface area contributed by atoms with Gasteiger partial charge in [-0.05, 0) is 43.1 Å². The molecule has 2 aromatic rings. The molecule has 4 rings (SSSR count). The molecule has 0 aliphatic carbocycles. The van der Waals surface area contributed by atoms with Crippen LogP contribution in [0.5, 0.6) is 0 Å². The van der Waals surface area contributed by atoms with Gasteiger partial charge in [0.15, 0.2) is 5.11 Å². The van der Waals surface area contributed by atoms with Crippen molar-refractivity contribution in [3.63, 3.8) is 0 Å². The van der Waals surface area contributed by atoms with Crippen LogP contribution in [0.4, 0.5) is 0 Å². The highest BCUT2D eigenvalue weighted by molar-refractivity contribution is 7.80.